The van der Waals surface area contributed by atoms with Gasteiger partial charge in [0.15, 0.2) is 0 Å². The Bertz CT molecular complexity index is 445. The van der Waals surface area contributed by atoms with Gasteiger partial charge in [-0.15, -0.1) is 0 Å². The van der Waals surface area contributed by atoms with Crippen molar-refractivity contribution >= 4 is 0 Å². The lowest BCUT2D eigenvalue weighted by Gasteiger charge is -2.48. The van der Waals surface area contributed by atoms with Crippen molar-refractivity contribution in [2.75, 3.05) is 6.54 Å². The van der Waals surface area contributed by atoms with Gasteiger partial charge in [-0.2, -0.15) is 0 Å². The summed E-state index contributed by atoms with van der Waals surface area (Å²) in [6.45, 7) is 12.4. The molecule has 2 heteroatoms. The van der Waals surface area contributed by atoms with Crippen LogP contribution in [0.5, 0.6) is 0 Å². The number of benzene rings is 1. The highest BCUT2D eigenvalue weighted by atomic mass is 15.2. The van der Waals surface area contributed by atoms with E-state index >= 15 is 0 Å². The van der Waals surface area contributed by atoms with E-state index in [4.69, 9.17) is 5.73 Å². The molecule has 0 spiro atoms. The second-order valence-electron chi connectivity index (χ2n) is 6.98. The van der Waals surface area contributed by atoms with Crippen LogP contribution in [0.15, 0.2) is 18.2 Å². The van der Waals surface area contributed by atoms with Crippen molar-refractivity contribution in [3.05, 3.63) is 34.9 Å². The van der Waals surface area contributed by atoms with Crippen LogP contribution in [0.1, 0.15) is 56.3 Å². The van der Waals surface area contributed by atoms with Crippen LogP contribution in [0.2, 0.25) is 0 Å². The summed E-state index contributed by atoms with van der Waals surface area (Å²) >= 11 is 0. The van der Waals surface area contributed by atoms with Crippen molar-refractivity contribution in [1.82, 2.24) is 4.90 Å². The number of aryl methyl sites for hydroxylation is 2. The summed E-state index contributed by atoms with van der Waals surface area (Å²) in [4.78, 5) is 2.58. The third-order valence-electron chi connectivity index (χ3n) is 4.28. The van der Waals surface area contributed by atoms with Gasteiger partial charge in [-0.1, -0.05) is 23.8 Å². The molecule has 1 aromatic carbocycles. The molecule has 1 aliphatic heterocycles. The summed E-state index contributed by atoms with van der Waals surface area (Å²) in [6.07, 6.45) is 2.34. The first-order valence-corrected chi connectivity index (χ1v) is 7.40. The molecule has 2 atom stereocenters. The van der Waals surface area contributed by atoms with Gasteiger partial charge >= 0.3 is 0 Å². The predicted octanol–water partition coefficient (Wildman–Crippen LogP) is 3.57. The molecule has 2 rings (SSSR count). The third kappa shape index (κ3) is 3.01. The molecule has 19 heavy (non-hydrogen) atoms. The SMILES string of the molecule is Cc1ccc(C2C(N)CCCN2C(C)(C)C)c(C)c1. The minimum atomic E-state index is 0.167. The van der Waals surface area contributed by atoms with Crippen molar-refractivity contribution in [1.29, 1.82) is 0 Å². The minimum absolute atomic E-state index is 0.167. The Labute approximate surface area is 118 Å². The van der Waals surface area contributed by atoms with Gasteiger partial charge in [-0.05, 0) is 65.1 Å². The Morgan fingerprint density at radius 1 is 1.21 bits per heavy atom. The summed E-state index contributed by atoms with van der Waals surface area (Å²) in [5, 5.41) is 0. The summed E-state index contributed by atoms with van der Waals surface area (Å²) in [7, 11) is 0. The molecule has 1 heterocycles. The average Bonchev–Trinajstić information content (AvgIpc) is 2.28. The first-order valence-electron chi connectivity index (χ1n) is 7.40. The summed E-state index contributed by atoms with van der Waals surface area (Å²) in [6, 6.07) is 7.37. The molecule has 2 nitrogen and oxygen atoms in total. The molecule has 1 aromatic rings. The molecule has 0 radical (unpaired) electrons. The minimum Gasteiger partial charge on any atom is -0.326 e. The number of nitrogens with zero attached hydrogens (tertiary/aromatic N) is 1. The highest BCUT2D eigenvalue weighted by Gasteiger charge is 2.36. The van der Waals surface area contributed by atoms with Crippen LogP contribution in [0, 0.1) is 13.8 Å². The number of hydrogen-bond acceptors (Lipinski definition) is 2. The fourth-order valence-corrected chi connectivity index (χ4v) is 3.33. The van der Waals surface area contributed by atoms with Crippen molar-refractivity contribution < 1.29 is 0 Å². The highest BCUT2D eigenvalue weighted by Crippen LogP contribution is 2.36. The summed E-state index contributed by atoms with van der Waals surface area (Å²) in [5.74, 6) is 0. The molecule has 0 aliphatic carbocycles. The van der Waals surface area contributed by atoms with Crippen molar-refractivity contribution in [2.24, 2.45) is 5.73 Å². The zero-order valence-corrected chi connectivity index (χ0v) is 13.0. The van der Waals surface area contributed by atoms with Gasteiger partial charge in [-0.25, -0.2) is 0 Å². The molecule has 2 unspecified atom stereocenters. The Morgan fingerprint density at radius 2 is 1.89 bits per heavy atom. The van der Waals surface area contributed by atoms with Crippen molar-refractivity contribution in [3.8, 4) is 0 Å². The topological polar surface area (TPSA) is 29.3 Å². The van der Waals surface area contributed by atoms with E-state index in [1.54, 1.807) is 0 Å². The van der Waals surface area contributed by atoms with E-state index in [2.05, 4.69) is 57.7 Å². The van der Waals surface area contributed by atoms with Gasteiger partial charge in [0.1, 0.15) is 0 Å². The lowest BCUT2D eigenvalue weighted by molar-refractivity contribution is 0.0381. The lowest BCUT2D eigenvalue weighted by atomic mass is 9.85. The van der Waals surface area contributed by atoms with Crippen molar-refractivity contribution in [2.45, 2.75) is 65.1 Å². The lowest BCUT2D eigenvalue weighted by Crippen LogP contribution is -2.53. The summed E-state index contributed by atoms with van der Waals surface area (Å²) in [5.41, 5.74) is 10.7. The second-order valence-corrected chi connectivity index (χ2v) is 6.98. The number of hydrogen-bond donors (Lipinski definition) is 1. The maximum Gasteiger partial charge on any atom is 0.0506 e. The number of likely N-dealkylation sites (tertiary alicyclic amines) is 1. The molecule has 0 bridgehead atoms. The molecule has 0 amide bonds. The third-order valence-corrected chi connectivity index (χ3v) is 4.28. The van der Waals surface area contributed by atoms with Gasteiger partial charge in [0.2, 0.25) is 0 Å². The van der Waals surface area contributed by atoms with Crippen LogP contribution in [0.25, 0.3) is 0 Å². The smallest absolute Gasteiger partial charge is 0.0506 e. The summed E-state index contributed by atoms with van der Waals surface area (Å²) < 4.78 is 0. The highest BCUT2D eigenvalue weighted by molar-refractivity contribution is 5.34. The van der Waals surface area contributed by atoms with Crippen LogP contribution in [0.4, 0.5) is 0 Å². The molecule has 2 N–H and O–H groups in total. The molecule has 1 fully saturated rings. The Hall–Kier alpha value is -0.860. The van der Waals surface area contributed by atoms with Crippen LogP contribution >= 0.6 is 0 Å². The van der Waals surface area contributed by atoms with Crippen LogP contribution < -0.4 is 5.73 Å². The largest absolute Gasteiger partial charge is 0.326 e. The Balaban J connectivity index is 2.42. The Morgan fingerprint density at radius 3 is 2.47 bits per heavy atom. The van der Waals surface area contributed by atoms with E-state index in [-0.39, 0.29) is 11.6 Å². The van der Waals surface area contributed by atoms with Gasteiger partial charge in [0, 0.05) is 11.6 Å². The van der Waals surface area contributed by atoms with E-state index in [1.165, 1.54) is 23.1 Å². The van der Waals surface area contributed by atoms with E-state index in [0.29, 0.717) is 6.04 Å². The normalized spacial score (nSPS) is 25.6. The molecule has 1 aliphatic rings. The van der Waals surface area contributed by atoms with Gasteiger partial charge in [0.25, 0.3) is 0 Å². The fourth-order valence-electron chi connectivity index (χ4n) is 3.33. The fraction of sp³-hybridized carbons (Fsp3) is 0.647. The van der Waals surface area contributed by atoms with Crippen LogP contribution in [-0.2, 0) is 0 Å². The van der Waals surface area contributed by atoms with E-state index in [1.807, 2.05) is 0 Å². The quantitative estimate of drug-likeness (QED) is 0.836. The van der Waals surface area contributed by atoms with E-state index in [0.717, 1.165) is 13.0 Å². The molecule has 0 aromatic heterocycles. The Kier molecular flexibility index (Phi) is 4.03. The van der Waals surface area contributed by atoms with Gasteiger partial charge < -0.3 is 5.73 Å². The van der Waals surface area contributed by atoms with E-state index < -0.39 is 0 Å². The van der Waals surface area contributed by atoms with Crippen molar-refractivity contribution in [3.63, 3.8) is 0 Å². The average molecular weight is 260 g/mol. The number of rotatable bonds is 1. The zero-order chi connectivity index (χ0) is 14.2. The number of nitrogens with two attached hydrogens (primary N) is 1. The number of piperidine rings is 1. The maximum absolute atomic E-state index is 6.46. The molecular weight excluding hydrogens is 232 g/mol. The molecular formula is C17H28N2. The maximum atomic E-state index is 6.46. The molecule has 1 saturated heterocycles. The van der Waals surface area contributed by atoms with E-state index in [9.17, 15) is 0 Å². The first kappa shape index (κ1) is 14.5. The predicted molar refractivity (Wildman–Crippen MR) is 82.3 cm³/mol. The van der Waals surface area contributed by atoms with Gasteiger partial charge in [0.05, 0.1) is 6.04 Å². The van der Waals surface area contributed by atoms with Gasteiger partial charge in [-0.3, -0.25) is 4.90 Å². The van der Waals surface area contributed by atoms with Crippen LogP contribution in [-0.4, -0.2) is 23.0 Å². The molecule has 106 valence electrons. The van der Waals surface area contributed by atoms with Crippen LogP contribution in [0.3, 0.4) is 0 Å². The standard InChI is InChI=1S/C17H28N2/c1-12-8-9-14(13(2)11-12)16-15(18)7-6-10-19(16)17(3,4)5/h8-9,11,15-16H,6-7,10,18H2,1-5H3. The second kappa shape index (κ2) is 5.26. The zero-order valence-electron chi connectivity index (χ0n) is 13.0. The first-order chi connectivity index (χ1) is 8.80. The molecule has 0 saturated carbocycles. The monoisotopic (exact) mass is 260 g/mol.